The van der Waals surface area contributed by atoms with Crippen molar-refractivity contribution < 1.29 is 22.3 Å². The number of carbonyl (C=O) groups excluding carboxylic acids is 1. The number of esters is 1. The van der Waals surface area contributed by atoms with Crippen LogP contribution in [-0.2, 0) is 21.2 Å². The van der Waals surface area contributed by atoms with Crippen LogP contribution in [0.1, 0.15) is 36.2 Å². The van der Waals surface area contributed by atoms with Gasteiger partial charge in [-0.3, -0.25) is 4.98 Å². The molecule has 0 unspecified atom stereocenters. The van der Waals surface area contributed by atoms with Crippen LogP contribution in [0.25, 0.3) is 0 Å². The first-order valence-electron chi connectivity index (χ1n) is 8.75. The van der Waals surface area contributed by atoms with E-state index in [-0.39, 0.29) is 30.2 Å². The van der Waals surface area contributed by atoms with E-state index in [1.807, 2.05) is 12.1 Å². The Bertz CT molecular complexity index is 869. The number of benzene rings is 1. The summed E-state index contributed by atoms with van der Waals surface area (Å²) in [5, 5.41) is 0. The largest absolute Gasteiger partial charge is 0.462 e. The Morgan fingerprint density at radius 3 is 2.59 bits per heavy atom. The molecule has 27 heavy (non-hydrogen) atoms. The summed E-state index contributed by atoms with van der Waals surface area (Å²) in [4.78, 5) is 16.1. The summed E-state index contributed by atoms with van der Waals surface area (Å²) in [6.45, 7) is 4.08. The highest BCUT2D eigenvalue weighted by Crippen LogP contribution is 2.20. The van der Waals surface area contributed by atoms with Crippen molar-refractivity contribution in [2.75, 3.05) is 19.7 Å². The third-order valence-corrected chi connectivity index (χ3v) is 6.11. The Kier molecular flexibility index (Phi) is 7.44. The van der Waals surface area contributed by atoms with Gasteiger partial charge in [-0.05, 0) is 42.7 Å². The van der Waals surface area contributed by atoms with Gasteiger partial charge in [0.05, 0.1) is 17.1 Å². The smallest absolute Gasteiger partial charge is 0.341 e. The van der Waals surface area contributed by atoms with Crippen LogP contribution < -0.4 is 0 Å². The molecule has 0 saturated carbocycles. The minimum Gasteiger partial charge on any atom is -0.462 e. The fraction of sp³-hybridized carbons (Fsp3) is 0.368. The predicted octanol–water partition coefficient (Wildman–Crippen LogP) is 3.04. The number of hydrogen-bond donors (Lipinski definition) is 0. The lowest BCUT2D eigenvalue weighted by atomic mass is 10.2. The molecule has 0 saturated heterocycles. The van der Waals surface area contributed by atoms with Gasteiger partial charge in [0.25, 0.3) is 0 Å². The van der Waals surface area contributed by atoms with Crippen molar-refractivity contribution in [3.8, 4) is 0 Å². The molecule has 2 aromatic rings. The average molecular weight is 394 g/mol. The lowest BCUT2D eigenvalue weighted by Gasteiger charge is -2.18. The van der Waals surface area contributed by atoms with Crippen LogP contribution >= 0.6 is 0 Å². The van der Waals surface area contributed by atoms with E-state index in [9.17, 15) is 17.6 Å². The Labute approximate surface area is 159 Å². The quantitative estimate of drug-likeness (QED) is 0.483. The molecule has 0 N–H and O–H groups in total. The van der Waals surface area contributed by atoms with Crippen LogP contribution in [0.2, 0.25) is 0 Å². The SMILES string of the molecule is CCN(CC)S(=O)(=O)c1ccc(F)c(C(=O)OCCCc2cccnc2)c1. The van der Waals surface area contributed by atoms with Crippen LogP contribution in [0.5, 0.6) is 0 Å². The number of halogens is 1. The number of aryl methyl sites for hydroxylation is 1. The molecule has 0 fully saturated rings. The lowest BCUT2D eigenvalue weighted by molar-refractivity contribution is 0.0495. The van der Waals surface area contributed by atoms with E-state index in [0.29, 0.717) is 12.8 Å². The monoisotopic (exact) mass is 394 g/mol. The number of sulfonamides is 1. The van der Waals surface area contributed by atoms with Gasteiger partial charge in [-0.1, -0.05) is 19.9 Å². The molecule has 1 heterocycles. The minimum atomic E-state index is -3.78. The first-order chi connectivity index (χ1) is 12.9. The van der Waals surface area contributed by atoms with E-state index >= 15 is 0 Å². The predicted molar refractivity (Wildman–Crippen MR) is 99.3 cm³/mol. The Balaban J connectivity index is 2.05. The molecule has 146 valence electrons. The van der Waals surface area contributed by atoms with E-state index < -0.39 is 21.8 Å². The second kappa shape index (κ2) is 9.57. The fourth-order valence-electron chi connectivity index (χ4n) is 2.60. The molecule has 6 nitrogen and oxygen atoms in total. The van der Waals surface area contributed by atoms with Crippen LogP contribution in [0.4, 0.5) is 4.39 Å². The van der Waals surface area contributed by atoms with Gasteiger partial charge in [0.15, 0.2) is 0 Å². The van der Waals surface area contributed by atoms with Gasteiger partial charge < -0.3 is 4.74 Å². The second-order valence-electron chi connectivity index (χ2n) is 5.83. The number of rotatable bonds is 9. The molecule has 0 bridgehead atoms. The maximum Gasteiger partial charge on any atom is 0.341 e. The van der Waals surface area contributed by atoms with Crippen LogP contribution in [-0.4, -0.2) is 43.4 Å². The van der Waals surface area contributed by atoms with Gasteiger partial charge >= 0.3 is 5.97 Å². The number of nitrogens with zero attached hydrogens (tertiary/aromatic N) is 2. The minimum absolute atomic E-state index is 0.0974. The lowest BCUT2D eigenvalue weighted by Crippen LogP contribution is -2.30. The Morgan fingerprint density at radius 1 is 1.22 bits per heavy atom. The molecule has 0 radical (unpaired) electrons. The number of pyridine rings is 1. The first kappa shape index (κ1) is 21.0. The molecule has 0 aliphatic heterocycles. The van der Waals surface area contributed by atoms with E-state index in [1.54, 1.807) is 26.2 Å². The number of ether oxygens (including phenoxy) is 1. The summed E-state index contributed by atoms with van der Waals surface area (Å²) in [5.41, 5.74) is 0.622. The molecular weight excluding hydrogens is 371 g/mol. The van der Waals surface area contributed by atoms with Gasteiger partial charge in [-0.2, -0.15) is 4.31 Å². The topological polar surface area (TPSA) is 76.6 Å². The van der Waals surface area contributed by atoms with Crippen molar-refractivity contribution in [3.63, 3.8) is 0 Å². The van der Waals surface area contributed by atoms with Gasteiger partial charge in [-0.25, -0.2) is 17.6 Å². The van der Waals surface area contributed by atoms with Crippen LogP contribution in [0.3, 0.4) is 0 Å². The fourth-order valence-corrected chi connectivity index (χ4v) is 4.08. The third kappa shape index (κ3) is 5.33. The van der Waals surface area contributed by atoms with Gasteiger partial charge in [0, 0.05) is 25.5 Å². The zero-order chi connectivity index (χ0) is 19.9. The number of carbonyl (C=O) groups is 1. The summed E-state index contributed by atoms with van der Waals surface area (Å²) in [5.74, 6) is -1.69. The van der Waals surface area contributed by atoms with Crippen LogP contribution in [0.15, 0.2) is 47.6 Å². The summed E-state index contributed by atoms with van der Waals surface area (Å²) in [6.07, 6.45) is 4.62. The van der Waals surface area contributed by atoms with E-state index in [2.05, 4.69) is 4.98 Å². The molecule has 0 aliphatic rings. The molecule has 0 amide bonds. The van der Waals surface area contributed by atoms with Crippen molar-refractivity contribution in [2.45, 2.75) is 31.6 Å². The Hall–Kier alpha value is -2.32. The van der Waals surface area contributed by atoms with Crippen molar-refractivity contribution in [3.05, 3.63) is 59.7 Å². The van der Waals surface area contributed by atoms with Gasteiger partial charge in [0.2, 0.25) is 10.0 Å². The van der Waals surface area contributed by atoms with E-state index in [1.165, 1.54) is 4.31 Å². The van der Waals surface area contributed by atoms with Gasteiger partial charge in [0.1, 0.15) is 5.82 Å². The third-order valence-electron chi connectivity index (χ3n) is 4.07. The Morgan fingerprint density at radius 2 is 1.96 bits per heavy atom. The molecule has 8 heteroatoms. The summed E-state index contributed by atoms with van der Waals surface area (Å²) in [6, 6.07) is 6.89. The maximum absolute atomic E-state index is 14.0. The second-order valence-corrected chi connectivity index (χ2v) is 7.77. The standard InChI is InChI=1S/C19H23FN2O4S/c1-3-22(4-2)27(24,25)16-9-10-18(20)17(13-16)19(23)26-12-6-8-15-7-5-11-21-14-15/h5,7,9-11,13-14H,3-4,6,8,12H2,1-2H3. The molecular formula is C19H23FN2O4S. The first-order valence-corrected chi connectivity index (χ1v) is 10.2. The molecule has 0 aliphatic carbocycles. The number of hydrogen-bond acceptors (Lipinski definition) is 5. The van der Waals surface area contributed by atoms with Crippen LogP contribution in [0, 0.1) is 5.82 Å². The zero-order valence-electron chi connectivity index (χ0n) is 15.4. The maximum atomic E-state index is 14.0. The molecule has 1 aromatic carbocycles. The van der Waals surface area contributed by atoms with E-state index in [4.69, 9.17) is 4.74 Å². The summed E-state index contributed by atoms with van der Waals surface area (Å²) < 4.78 is 45.5. The number of aromatic nitrogens is 1. The summed E-state index contributed by atoms with van der Waals surface area (Å²) in [7, 11) is -3.78. The average Bonchev–Trinajstić information content (AvgIpc) is 2.67. The highest BCUT2D eigenvalue weighted by atomic mass is 32.2. The molecule has 0 spiro atoms. The molecule has 2 rings (SSSR count). The highest BCUT2D eigenvalue weighted by molar-refractivity contribution is 7.89. The van der Waals surface area contributed by atoms with Crippen molar-refractivity contribution >= 4 is 16.0 Å². The zero-order valence-corrected chi connectivity index (χ0v) is 16.2. The molecule has 1 aromatic heterocycles. The normalized spacial score (nSPS) is 11.6. The van der Waals surface area contributed by atoms with Gasteiger partial charge in [-0.15, -0.1) is 0 Å². The van der Waals surface area contributed by atoms with E-state index in [0.717, 1.165) is 23.8 Å². The van der Waals surface area contributed by atoms with Crippen molar-refractivity contribution in [1.82, 2.24) is 9.29 Å². The highest BCUT2D eigenvalue weighted by Gasteiger charge is 2.24. The summed E-state index contributed by atoms with van der Waals surface area (Å²) >= 11 is 0. The van der Waals surface area contributed by atoms with Crippen molar-refractivity contribution in [2.24, 2.45) is 0 Å². The van der Waals surface area contributed by atoms with Crippen molar-refractivity contribution in [1.29, 1.82) is 0 Å². The molecule has 0 atom stereocenters.